The van der Waals surface area contributed by atoms with Gasteiger partial charge in [-0.1, -0.05) is 65.5 Å². The van der Waals surface area contributed by atoms with E-state index in [0.29, 0.717) is 10.9 Å². The van der Waals surface area contributed by atoms with Gasteiger partial charge >= 0.3 is 0 Å². The minimum Gasteiger partial charge on any atom is -0.289 e. The third-order valence-electron chi connectivity index (χ3n) is 4.86. The van der Waals surface area contributed by atoms with Crippen LogP contribution in [-0.2, 0) is 4.79 Å². The number of anilines is 1. The fourth-order valence-corrected chi connectivity index (χ4v) is 4.63. The Morgan fingerprint density at radius 3 is 2.46 bits per heavy atom. The van der Waals surface area contributed by atoms with Gasteiger partial charge in [-0.15, -0.1) is 0 Å². The van der Waals surface area contributed by atoms with Gasteiger partial charge in [-0.2, -0.15) is 5.01 Å². The topological polar surface area (TPSA) is 44.7 Å². The Labute approximate surface area is 178 Å². The molecular weight excluding hydrogens is 434 g/mol. The maximum absolute atomic E-state index is 13.1. The van der Waals surface area contributed by atoms with Crippen LogP contribution >= 0.6 is 27.7 Å². The molecule has 0 spiro atoms. The van der Waals surface area contributed by atoms with Gasteiger partial charge in [0.2, 0.25) is 0 Å². The molecule has 28 heavy (non-hydrogen) atoms. The maximum atomic E-state index is 13.1. The van der Waals surface area contributed by atoms with Crippen molar-refractivity contribution in [3.05, 3.63) is 69.5 Å². The van der Waals surface area contributed by atoms with Gasteiger partial charge in [0, 0.05) is 4.47 Å². The molecule has 1 saturated carbocycles. The molecule has 2 aromatic carbocycles. The smallest absolute Gasteiger partial charge is 0.285 e. The molecule has 1 saturated heterocycles. The minimum absolute atomic E-state index is 0.0636. The van der Waals surface area contributed by atoms with E-state index in [-0.39, 0.29) is 5.91 Å². The van der Waals surface area contributed by atoms with Crippen molar-refractivity contribution >= 4 is 50.5 Å². The van der Waals surface area contributed by atoms with Gasteiger partial charge in [-0.3, -0.25) is 15.2 Å². The van der Waals surface area contributed by atoms with E-state index in [4.69, 9.17) is 4.99 Å². The number of nitrogens with zero attached hydrogens (tertiary/aromatic N) is 2. The summed E-state index contributed by atoms with van der Waals surface area (Å²) in [5.74, 6) is -0.0636. The number of thioether (sulfide) groups is 1. The van der Waals surface area contributed by atoms with Crippen molar-refractivity contribution in [3.8, 4) is 0 Å². The molecule has 2 aromatic rings. The van der Waals surface area contributed by atoms with Crippen molar-refractivity contribution in [2.75, 3.05) is 5.43 Å². The zero-order chi connectivity index (χ0) is 19.3. The van der Waals surface area contributed by atoms with Crippen molar-refractivity contribution in [1.29, 1.82) is 0 Å². The largest absolute Gasteiger partial charge is 0.289 e. The van der Waals surface area contributed by atoms with E-state index in [2.05, 4.69) is 21.4 Å². The third kappa shape index (κ3) is 4.67. The van der Waals surface area contributed by atoms with Crippen molar-refractivity contribution < 1.29 is 4.79 Å². The number of nitrogens with one attached hydrogen (secondary N) is 1. The number of amides is 1. The van der Waals surface area contributed by atoms with Crippen LogP contribution in [0.25, 0.3) is 6.08 Å². The lowest BCUT2D eigenvalue weighted by Gasteiger charge is -2.22. The van der Waals surface area contributed by atoms with Crippen molar-refractivity contribution in [2.45, 2.75) is 38.1 Å². The molecule has 0 radical (unpaired) electrons. The number of carbonyl (C=O) groups excluding carboxylic acids is 1. The van der Waals surface area contributed by atoms with E-state index in [1.54, 1.807) is 5.01 Å². The minimum atomic E-state index is -0.0636. The van der Waals surface area contributed by atoms with Crippen LogP contribution in [0, 0.1) is 0 Å². The van der Waals surface area contributed by atoms with E-state index >= 15 is 0 Å². The number of hydrazine groups is 1. The van der Waals surface area contributed by atoms with Crippen LogP contribution in [0.2, 0.25) is 0 Å². The Morgan fingerprint density at radius 2 is 1.75 bits per heavy atom. The maximum Gasteiger partial charge on any atom is 0.285 e. The number of carbonyl (C=O) groups is 1. The summed E-state index contributed by atoms with van der Waals surface area (Å²) in [6.45, 7) is 0. The zero-order valence-corrected chi connectivity index (χ0v) is 17.9. The lowest BCUT2D eigenvalue weighted by atomic mass is 9.96. The molecule has 2 fully saturated rings. The van der Waals surface area contributed by atoms with E-state index in [1.807, 2.05) is 60.7 Å². The predicted octanol–water partition coefficient (Wildman–Crippen LogP) is 6.08. The molecule has 1 heterocycles. The first-order chi connectivity index (χ1) is 13.7. The van der Waals surface area contributed by atoms with Gasteiger partial charge < -0.3 is 0 Å². The molecule has 6 heteroatoms. The number of hydrogen-bond donors (Lipinski definition) is 1. The second kappa shape index (κ2) is 8.97. The van der Waals surface area contributed by atoms with Crippen LogP contribution in [0.15, 0.2) is 69.0 Å². The van der Waals surface area contributed by atoms with E-state index in [1.165, 1.54) is 31.0 Å². The first kappa shape index (κ1) is 19.3. The summed E-state index contributed by atoms with van der Waals surface area (Å²) in [5.41, 5.74) is 5.11. The first-order valence-electron chi connectivity index (χ1n) is 9.58. The summed E-state index contributed by atoms with van der Waals surface area (Å²) in [6.07, 6.45) is 7.85. The third-order valence-corrected chi connectivity index (χ3v) is 6.37. The Hall–Kier alpha value is -2.05. The average molecular weight is 456 g/mol. The summed E-state index contributed by atoms with van der Waals surface area (Å²) in [7, 11) is 0. The fraction of sp³-hybridized carbons (Fsp3) is 0.273. The van der Waals surface area contributed by atoms with Gasteiger partial charge in [0.1, 0.15) is 0 Å². The number of rotatable bonds is 4. The number of benzene rings is 2. The second-order valence-electron chi connectivity index (χ2n) is 6.98. The summed E-state index contributed by atoms with van der Waals surface area (Å²) in [5, 5.41) is 2.34. The lowest BCUT2D eigenvalue weighted by molar-refractivity contribution is -0.121. The molecule has 4 nitrogen and oxygen atoms in total. The van der Waals surface area contributed by atoms with E-state index in [0.717, 1.165) is 33.7 Å². The highest BCUT2D eigenvalue weighted by Gasteiger charge is 2.34. The Balaban J connectivity index is 1.62. The number of hydrogen-bond acceptors (Lipinski definition) is 4. The molecule has 1 N–H and O–H groups in total. The van der Waals surface area contributed by atoms with Crippen LogP contribution in [0.1, 0.15) is 37.7 Å². The summed E-state index contributed by atoms with van der Waals surface area (Å²) < 4.78 is 1.02. The second-order valence-corrected chi connectivity index (χ2v) is 8.91. The standard InChI is InChI=1S/C22H22BrN3OS/c23-17-13-11-16(12-14-17)15-20-21(27)26(25-19-9-5-2-6-10-19)22(28-20)24-18-7-3-1-4-8-18/h2,5-6,9-15,18,25H,1,3-4,7-8H2/b20-15-,24-22?. The molecule has 0 aromatic heterocycles. The van der Waals surface area contributed by atoms with Crippen LogP contribution in [0.5, 0.6) is 0 Å². The number of halogens is 1. The molecule has 0 bridgehead atoms. The van der Waals surface area contributed by atoms with Crippen LogP contribution in [0.4, 0.5) is 5.69 Å². The molecule has 2 aliphatic rings. The van der Waals surface area contributed by atoms with Crippen LogP contribution in [0.3, 0.4) is 0 Å². The summed E-state index contributed by atoms with van der Waals surface area (Å²) in [4.78, 5) is 18.7. The van der Waals surface area contributed by atoms with Gasteiger partial charge in [0.25, 0.3) is 5.91 Å². The highest BCUT2D eigenvalue weighted by Crippen LogP contribution is 2.34. The molecule has 0 unspecified atom stereocenters. The predicted molar refractivity (Wildman–Crippen MR) is 121 cm³/mol. The molecule has 1 aliphatic heterocycles. The van der Waals surface area contributed by atoms with E-state index < -0.39 is 0 Å². The highest BCUT2D eigenvalue weighted by atomic mass is 79.9. The summed E-state index contributed by atoms with van der Waals surface area (Å²) in [6, 6.07) is 18.0. The molecular formula is C22H22BrN3OS. The van der Waals surface area contributed by atoms with E-state index in [9.17, 15) is 4.79 Å². The summed E-state index contributed by atoms with van der Waals surface area (Å²) >= 11 is 4.90. The average Bonchev–Trinajstić information content (AvgIpc) is 3.00. The number of amidine groups is 1. The molecule has 4 rings (SSSR count). The normalized spacial score (nSPS) is 20.9. The molecule has 1 aliphatic carbocycles. The Morgan fingerprint density at radius 1 is 1.04 bits per heavy atom. The van der Waals surface area contributed by atoms with Gasteiger partial charge in [0.15, 0.2) is 5.17 Å². The monoisotopic (exact) mass is 455 g/mol. The van der Waals surface area contributed by atoms with Gasteiger partial charge in [-0.05, 0) is 60.5 Å². The molecule has 144 valence electrons. The van der Waals surface area contributed by atoms with Crippen LogP contribution < -0.4 is 5.43 Å². The Kier molecular flexibility index (Phi) is 6.17. The molecule has 1 amide bonds. The number of para-hydroxylation sites is 1. The first-order valence-corrected chi connectivity index (χ1v) is 11.2. The van der Waals surface area contributed by atoms with Gasteiger partial charge in [-0.25, -0.2) is 0 Å². The van der Waals surface area contributed by atoms with Crippen molar-refractivity contribution in [1.82, 2.24) is 5.01 Å². The fourth-order valence-electron chi connectivity index (χ4n) is 3.38. The number of aliphatic imine (C=N–C) groups is 1. The SMILES string of the molecule is O=C1/C(=C/c2ccc(Br)cc2)SC(=NC2CCCCC2)N1Nc1ccccc1. The quantitative estimate of drug-likeness (QED) is 0.567. The van der Waals surface area contributed by atoms with Crippen molar-refractivity contribution in [3.63, 3.8) is 0 Å². The van der Waals surface area contributed by atoms with Gasteiger partial charge in [0.05, 0.1) is 16.6 Å². The lowest BCUT2D eigenvalue weighted by Crippen LogP contribution is -2.35. The van der Waals surface area contributed by atoms with Crippen molar-refractivity contribution in [2.24, 2.45) is 4.99 Å². The zero-order valence-electron chi connectivity index (χ0n) is 15.5. The Bertz CT molecular complexity index is 890. The van der Waals surface area contributed by atoms with Crippen LogP contribution in [-0.4, -0.2) is 22.1 Å². The highest BCUT2D eigenvalue weighted by molar-refractivity contribution is 9.10. The molecule has 0 atom stereocenters.